The summed E-state index contributed by atoms with van der Waals surface area (Å²) < 4.78 is 33.0. The summed E-state index contributed by atoms with van der Waals surface area (Å²) in [7, 11) is 0. The summed E-state index contributed by atoms with van der Waals surface area (Å²) in [4.78, 5) is 3.60. The predicted molar refractivity (Wildman–Crippen MR) is 47.2 cm³/mol. The van der Waals surface area contributed by atoms with Gasteiger partial charge in [0.15, 0.2) is 5.75 Å². The van der Waals surface area contributed by atoms with Crippen molar-refractivity contribution in [3.8, 4) is 5.75 Å². The van der Waals surface area contributed by atoms with Crippen LogP contribution in [0.25, 0.3) is 0 Å². The fraction of sp³-hybridized carbons (Fsp3) is 0.375. The smallest absolute Gasteiger partial charge is 0.152 e. The zero-order valence-corrected chi connectivity index (χ0v) is 7.72. The van der Waals surface area contributed by atoms with E-state index in [9.17, 15) is 0 Å². The molecule has 0 N–H and O–H groups in total. The quantitative estimate of drug-likeness (QED) is 0.777. The van der Waals surface area contributed by atoms with E-state index < -0.39 is 0 Å². The Morgan fingerprint density at radius 2 is 2.58 bits per heavy atom. The van der Waals surface area contributed by atoms with Gasteiger partial charge in [0.05, 0.1) is 28.0 Å². The third-order valence-corrected chi connectivity index (χ3v) is 2.03. The van der Waals surface area contributed by atoms with E-state index in [1.54, 1.807) is 0 Å². The minimum Gasteiger partial charge on any atom is -0.483 e. The molecule has 0 radical (unpaired) electrons. The van der Waals surface area contributed by atoms with Crippen LogP contribution in [0.1, 0.15) is 4.11 Å². The number of hydrogen-bond acceptors (Lipinski definition) is 3. The van der Waals surface area contributed by atoms with Crippen molar-refractivity contribution in [1.29, 1.82) is 0 Å². The molecule has 2 rings (SSSR count). The molecule has 0 saturated carbocycles. The number of aromatic nitrogens is 1. The highest BCUT2D eigenvalue weighted by atomic mass is 79.9. The minimum atomic E-state index is -0.232. The van der Waals surface area contributed by atoms with Crippen molar-refractivity contribution in [1.82, 2.24) is 4.98 Å². The summed E-state index contributed by atoms with van der Waals surface area (Å²) in [6.07, 6.45) is -0.443. The first kappa shape index (κ1) is 5.19. The first-order valence-electron chi connectivity index (χ1n) is 4.97. The summed E-state index contributed by atoms with van der Waals surface area (Å²) in [5, 5.41) is 0. The zero-order valence-electron chi connectivity index (χ0n) is 9.13. The van der Waals surface area contributed by atoms with E-state index in [4.69, 9.17) is 13.6 Å². The Morgan fingerprint density at radius 1 is 1.75 bits per heavy atom. The number of nitrogens with zero attached hydrogens (tertiary/aromatic N) is 1. The van der Waals surface area contributed by atoms with Gasteiger partial charge in [-0.1, -0.05) is 0 Å². The molecule has 12 heavy (non-hydrogen) atoms. The molecule has 1 saturated heterocycles. The first-order chi connectivity index (χ1) is 7.09. The summed E-state index contributed by atoms with van der Waals surface area (Å²) in [5.41, 5.74) is 0. The second-order valence-electron chi connectivity index (χ2n) is 2.38. The van der Waals surface area contributed by atoms with Gasteiger partial charge in [-0.25, -0.2) is 0 Å². The molecule has 1 aliphatic rings. The van der Waals surface area contributed by atoms with Gasteiger partial charge in [-0.05, 0) is 22.0 Å². The van der Waals surface area contributed by atoms with Crippen molar-refractivity contribution in [2.45, 2.75) is 6.10 Å². The second kappa shape index (κ2) is 3.41. The fourth-order valence-electron chi connectivity index (χ4n) is 0.788. The van der Waals surface area contributed by atoms with Crippen LogP contribution in [0.3, 0.4) is 0 Å². The van der Waals surface area contributed by atoms with E-state index in [1.165, 1.54) is 0 Å². The van der Waals surface area contributed by atoms with Crippen molar-refractivity contribution in [2.24, 2.45) is 0 Å². The van der Waals surface area contributed by atoms with Gasteiger partial charge in [0.25, 0.3) is 0 Å². The van der Waals surface area contributed by atoms with Crippen molar-refractivity contribution < 1.29 is 13.6 Å². The van der Waals surface area contributed by atoms with Crippen LogP contribution < -0.4 is 4.74 Å². The maximum Gasteiger partial charge on any atom is 0.152 e. The largest absolute Gasteiger partial charge is 0.483 e. The van der Waals surface area contributed by atoms with E-state index >= 15 is 0 Å². The monoisotopic (exact) mass is 232 g/mol. The van der Waals surface area contributed by atoms with E-state index in [-0.39, 0.29) is 30.2 Å². The molecule has 1 aromatic heterocycles. The molecule has 1 fully saturated rings. The lowest BCUT2D eigenvalue weighted by molar-refractivity contribution is -0.0800. The lowest BCUT2D eigenvalue weighted by Gasteiger charge is -2.26. The molecule has 0 atom stereocenters. The molecule has 2 heterocycles. The Labute approximate surface area is 83.0 Å². The maximum absolute atomic E-state index is 7.53. The first-order valence-corrected chi connectivity index (χ1v) is 4.26. The van der Waals surface area contributed by atoms with Gasteiger partial charge < -0.3 is 9.47 Å². The third kappa shape index (κ3) is 1.59. The van der Waals surface area contributed by atoms with Crippen molar-refractivity contribution in [3.05, 3.63) is 22.9 Å². The molecule has 0 aromatic carbocycles. The van der Waals surface area contributed by atoms with Gasteiger partial charge in [-0.2, -0.15) is 0 Å². The van der Waals surface area contributed by atoms with Crippen LogP contribution in [0.15, 0.2) is 22.9 Å². The van der Waals surface area contributed by atoms with Gasteiger partial charge in [0, 0.05) is 6.17 Å². The molecule has 1 aromatic rings. The standard InChI is InChI=1S/C8H8BrNO2/c9-7-1-2-10-3-8(7)12-6-4-11-5-6/h1-3,6H,4-5H2/i1D,2D,3D. The Balaban J connectivity index is 2.32. The Morgan fingerprint density at radius 3 is 3.25 bits per heavy atom. The molecule has 0 aliphatic carbocycles. The van der Waals surface area contributed by atoms with Crippen molar-refractivity contribution in [2.75, 3.05) is 13.2 Å². The van der Waals surface area contributed by atoms with Gasteiger partial charge in [0.2, 0.25) is 0 Å². The predicted octanol–water partition coefficient (Wildman–Crippen LogP) is 1.62. The SMILES string of the molecule is [2H]c1nc([2H])c(OC2COC2)c(Br)c1[2H]. The van der Waals surface area contributed by atoms with Crippen molar-refractivity contribution >= 4 is 15.9 Å². The van der Waals surface area contributed by atoms with Gasteiger partial charge in [-0.15, -0.1) is 0 Å². The molecular weight excluding hydrogens is 222 g/mol. The summed E-state index contributed by atoms with van der Waals surface area (Å²) >= 11 is 3.13. The molecule has 0 amide bonds. The Kier molecular flexibility index (Phi) is 1.48. The van der Waals surface area contributed by atoms with Crippen LogP contribution in [0.4, 0.5) is 0 Å². The molecule has 3 nitrogen and oxygen atoms in total. The number of hydrogen-bond donors (Lipinski definition) is 0. The van der Waals surface area contributed by atoms with Crippen LogP contribution in [0.5, 0.6) is 5.75 Å². The number of rotatable bonds is 2. The molecule has 64 valence electrons. The number of halogens is 1. The normalized spacial score (nSPS) is 20.6. The van der Waals surface area contributed by atoms with E-state index in [0.29, 0.717) is 17.7 Å². The molecule has 0 spiro atoms. The summed E-state index contributed by atoms with van der Waals surface area (Å²) in [6.45, 7) is 0.976. The van der Waals surface area contributed by atoms with Crippen LogP contribution in [-0.4, -0.2) is 24.3 Å². The highest BCUT2D eigenvalue weighted by molar-refractivity contribution is 9.10. The van der Waals surface area contributed by atoms with Crippen LogP contribution >= 0.6 is 15.9 Å². The van der Waals surface area contributed by atoms with E-state index in [0.717, 1.165) is 0 Å². The zero-order chi connectivity index (χ0) is 11.0. The second-order valence-corrected chi connectivity index (χ2v) is 3.17. The number of ether oxygens (including phenoxy) is 2. The van der Waals surface area contributed by atoms with Crippen LogP contribution in [0, 0.1) is 0 Å². The average Bonchev–Trinajstić information content (AvgIpc) is 2.11. The molecule has 4 heteroatoms. The van der Waals surface area contributed by atoms with Gasteiger partial charge in [0.1, 0.15) is 6.10 Å². The molecule has 1 aliphatic heterocycles. The minimum absolute atomic E-state index is 0.0683. The third-order valence-electron chi connectivity index (χ3n) is 1.47. The lowest BCUT2D eigenvalue weighted by atomic mass is 10.3. The fourth-order valence-corrected chi connectivity index (χ4v) is 1.06. The Hall–Kier alpha value is -0.610. The average molecular weight is 233 g/mol. The summed E-state index contributed by atoms with van der Waals surface area (Å²) in [6, 6.07) is -0.0683. The highest BCUT2D eigenvalue weighted by Gasteiger charge is 2.20. The maximum atomic E-state index is 7.53. The lowest BCUT2D eigenvalue weighted by Crippen LogP contribution is -2.38. The topological polar surface area (TPSA) is 31.4 Å². The Bertz CT molecular complexity index is 398. The van der Waals surface area contributed by atoms with Crippen LogP contribution in [-0.2, 0) is 4.74 Å². The highest BCUT2D eigenvalue weighted by Crippen LogP contribution is 2.24. The molecular formula is C8H8BrNO2. The molecule has 0 bridgehead atoms. The van der Waals surface area contributed by atoms with Gasteiger partial charge >= 0.3 is 0 Å². The number of pyridine rings is 1. The van der Waals surface area contributed by atoms with Crippen LogP contribution in [0.2, 0.25) is 0 Å². The van der Waals surface area contributed by atoms with Gasteiger partial charge in [-0.3, -0.25) is 4.98 Å². The summed E-state index contributed by atoms with van der Waals surface area (Å²) in [5.74, 6) is 0.212. The van der Waals surface area contributed by atoms with E-state index in [1.807, 2.05) is 0 Å². The van der Waals surface area contributed by atoms with Crippen molar-refractivity contribution in [3.63, 3.8) is 0 Å². The van der Waals surface area contributed by atoms with E-state index in [2.05, 4.69) is 20.9 Å². The molecule has 0 unspecified atom stereocenters.